The maximum atomic E-state index is 12.7. The Morgan fingerprint density at radius 2 is 1.65 bits per heavy atom. The number of hydrogen-bond donors (Lipinski definition) is 3. The van der Waals surface area contributed by atoms with Gasteiger partial charge in [-0.3, -0.25) is 5.32 Å². The molecule has 2 aromatic rings. The Morgan fingerprint density at radius 3 is 2.31 bits per heavy atom. The van der Waals surface area contributed by atoms with Gasteiger partial charge in [0.25, 0.3) is 0 Å². The standard InChI is InChI=1S/C17H16F3N3O3/c1-26-16(25)23-14-7-3-6-13(9-14)22-15(24)21-10-11-4-2-5-12(8-11)17(18,19)20/h2-9H,10H2,1H3,(H,23,25)(H2,21,22,24). The predicted molar refractivity (Wildman–Crippen MR) is 89.8 cm³/mol. The minimum Gasteiger partial charge on any atom is -0.453 e. The number of ether oxygens (including phenoxy) is 1. The van der Waals surface area contributed by atoms with Crippen LogP contribution in [0.4, 0.5) is 34.1 Å². The first-order valence-corrected chi connectivity index (χ1v) is 7.44. The first kappa shape index (κ1) is 19.1. The number of anilines is 2. The van der Waals surface area contributed by atoms with E-state index in [2.05, 4.69) is 20.7 Å². The van der Waals surface area contributed by atoms with Gasteiger partial charge in [-0.05, 0) is 35.9 Å². The second kappa shape index (κ2) is 8.24. The summed E-state index contributed by atoms with van der Waals surface area (Å²) in [5.41, 5.74) is 0.336. The van der Waals surface area contributed by atoms with Gasteiger partial charge in [-0.25, -0.2) is 9.59 Å². The number of rotatable bonds is 4. The lowest BCUT2D eigenvalue weighted by atomic mass is 10.1. The molecule has 2 rings (SSSR count). The molecule has 0 fully saturated rings. The molecule has 0 aliphatic carbocycles. The molecular formula is C17H16F3N3O3. The largest absolute Gasteiger partial charge is 0.453 e. The van der Waals surface area contributed by atoms with E-state index in [9.17, 15) is 22.8 Å². The second-order valence-corrected chi connectivity index (χ2v) is 5.20. The summed E-state index contributed by atoms with van der Waals surface area (Å²) in [5, 5.41) is 7.44. The van der Waals surface area contributed by atoms with Crippen molar-refractivity contribution >= 4 is 23.5 Å². The molecule has 0 aliphatic rings. The Morgan fingerprint density at radius 1 is 1.00 bits per heavy atom. The average molecular weight is 367 g/mol. The summed E-state index contributed by atoms with van der Waals surface area (Å²) in [7, 11) is 1.22. The molecule has 6 nitrogen and oxygen atoms in total. The van der Waals surface area contributed by atoms with Crippen LogP contribution >= 0.6 is 0 Å². The molecule has 0 unspecified atom stereocenters. The number of alkyl halides is 3. The van der Waals surface area contributed by atoms with E-state index in [-0.39, 0.29) is 6.54 Å². The van der Waals surface area contributed by atoms with E-state index in [1.807, 2.05) is 0 Å². The quantitative estimate of drug-likeness (QED) is 0.758. The van der Waals surface area contributed by atoms with Crippen LogP contribution in [-0.2, 0) is 17.5 Å². The van der Waals surface area contributed by atoms with Crippen LogP contribution in [0.3, 0.4) is 0 Å². The van der Waals surface area contributed by atoms with E-state index < -0.39 is 23.9 Å². The maximum absolute atomic E-state index is 12.7. The number of benzene rings is 2. The summed E-state index contributed by atoms with van der Waals surface area (Å²) in [6.45, 7) is -0.0736. The Kier molecular flexibility index (Phi) is 6.05. The van der Waals surface area contributed by atoms with Gasteiger partial charge in [0, 0.05) is 17.9 Å². The highest BCUT2D eigenvalue weighted by molar-refractivity contribution is 5.91. The van der Waals surface area contributed by atoms with Crippen LogP contribution < -0.4 is 16.0 Å². The van der Waals surface area contributed by atoms with Gasteiger partial charge < -0.3 is 15.4 Å². The summed E-state index contributed by atoms with van der Waals surface area (Å²) in [5.74, 6) is 0. The maximum Gasteiger partial charge on any atom is 0.416 e. The van der Waals surface area contributed by atoms with Crippen LogP contribution in [0.2, 0.25) is 0 Å². The predicted octanol–water partition coefficient (Wildman–Crippen LogP) is 4.21. The number of amides is 3. The Labute approximate surface area is 147 Å². The normalized spacial score (nSPS) is 10.8. The van der Waals surface area contributed by atoms with Crippen molar-refractivity contribution in [3.05, 3.63) is 59.7 Å². The van der Waals surface area contributed by atoms with E-state index in [0.29, 0.717) is 16.9 Å². The van der Waals surface area contributed by atoms with E-state index in [1.165, 1.54) is 25.3 Å². The molecule has 0 saturated carbocycles. The molecule has 0 atom stereocenters. The fourth-order valence-corrected chi connectivity index (χ4v) is 2.06. The lowest BCUT2D eigenvalue weighted by Gasteiger charge is -2.11. The van der Waals surface area contributed by atoms with Crippen molar-refractivity contribution in [2.75, 3.05) is 17.7 Å². The third kappa shape index (κ3) is 5.69. The highest BCUT2D eigenvalue weighted by Crippen LogP contribution is 2.29. The van der Waals surface area contributed by atoms with Gasteiger partial charge in [-0.1, -0.05) is 18.2 Å². The number of halogens is 3. The van der Waals surface area contributed by atoms with Crippen molar-refractivity contribution in [3.63, 3.8) is 0 Å². The summed E-state index contributed by atoms with van der Waals surface area (Å²) in [6, 6.07) is 10.4. The van der Waals surface area contributed by atoms with Crippen molar-refractivity contribution in [1.29, 1.82) is 0 Å². The molecule has 2 aromatic carbocycles. The minimum absolute atomic E-state index is 0.0736. The van der Waals surface area contributed by atoms with Crippen molar-refractivity contribution in [1.82, 2.24) is 5.32 Å². The van der Waals surface area contributed by atoms with Gasteiger partial charge in [-0.15, -0.1) is 0 Å². The molecular weight excluding hydrogens is 351 g/mol. The van der Waals surface area contributed by atoms with E-state index in [1.54, 1.807) is 18.2 Å². The molecule has 0 saturated heterocycles. The molecule has 9 heteroatoms. The zero-order valence-corrected chi connectivity index (χ0v) is 13.7. The second-order valence-electron chi connectivity index (χ2n) is 5.20. The lowest BCUT2D eigenvalue weighted by molar-refractivity contribution is -0.137. The van der Waals surface area contributed by atoms with E-state index in [0.717, 1.165) is 12.1 Å². The van der Waals surface area contributed by atoms with Gasteiger partial charge in [0.15, 0.2) is 0 Å². The SMILES string of the molecule is COC(=O)Nc1cccc(NC(=O)NCc2cccc(C(F)(F)F)c2)c1. The fourth-order valence-electron chi connectivity index (χ4n) is 2.06. The highest BCUT2D eigenvalue weighted by atomic mass is 19.4. The number of hydrogen-bond acceptors (Lipinski definition) is 3. The Bertz CT molecular complexity index is 794. The summed E-state index contributed by atoms with van der Waals surface area (Å²) < 4.78 is 42.5. The summed E-state index contributed by atoms with van der Waals surface area (Å²) >= 11 is 0. The Balaban J connectivity index is 1.93. The first-order valence-electron chi connectivity index (χ1n) is 7.44. The zero-order chi connectivity index (χ0) is 19.2. The van der Waals surface area contributed by atoms with Crippen LogP contribution in [0.15, 0.2) is 48.5 Å². The molecule has 26 heavy (non-hydrogen) atoms. The van der Waals surface area contributed by atoms with Crippen LogP contribution in [0, 0.1) is 0 Å². The third-order valence-electron chi connectivity index (χ3n) is 3.26. The van der Waals surface area contributed by atoms with Crippen LogP contribution in [-0.4, -0.2) is 19.2 Å². The Hall–Kier alpha value is -3.23. The topological polar surface area (TPSA) is 79.5 Å². The van der Waals surface area contributed by atoms with Gasteiger partial charge >= 0.3 is 18.3 Å². The van der Waals surface area contributed by atoms with Crippen LogP contribution in [0.5, 0.6) is 0 Å². The molecule has 0 heterocycles. The van der Waals surface area contributed by atoms with Gasteiger partial charge in [0.2, 0.25) is 0 Å². The smallest absolute Gasteiger partial charge is 0.416 e. The third-order valence-corrected chi connectivity index (χ3v) is 3.26. The number of methoxy groups -OCH3 is 1. The van der Waals surface area contributed by atoms with Crippen molar-refractivity contribution < 1.29 is 27.5 Å². The molecule has 0 radical (unpaired) electrons. The molecule has 0 aliphatic heterocycles. The number of carbonyl (C=O) groups excluding carboxylic acids is 2. The van der Waals surface area contributed by atoms with Gasteiger partial charge in [-0.2, -0.15) is 13.2 Å². The number of nitrogens with one attached hydrogen (secondary N) is 3. The van der Waals surface area contributed by atoms with Gasteiger partial charge in [0.1, 0.15) is 0 Å². The molecule has 0 bridgehead atoms. The molecule has 0 spiro atoms. The zero-order valence-electron chi connectivity index (χ0n) is 13.7. The van der Waals surface area contributed by atoms with E-state index in [4.69, 9.17) is 0 Å². The molecule has 138 valence electrons. The van der Waals surface area contributed by atoms with Crippen molar-refractivity contribution in [2.24, 2.45) is 0 Å². The first-order chi connectivity index (χ1) is 12.3. The summed E-state index contributed by atoms with van der Waals surface area (Å²) in [4.78, 5) is 23.1. The monoisotopic (exact) mass is 367 g/mol. The van der Waals surface area contributed by atoms with E-state index >= 15 is 0 Å². The van der Waals surface area contributed by atoms with Crippen molar-refractivity contribution in [3.8, 4) is 0 Å². The van der Waals surface area contributed by atoms with Gasteiger partial charge in [0.05, 0.1) is 12.7 Å². The molecule has 3 amide bonds. The molecule has 3 N–H and O–H groups in total. The molecule has 0 aromatic heterocycles. The lowest BCUT2D eigenvalue weighted by Crippen LogP contribution is -2.28. The average Bonchev–Trinajstić information content (AvgIpc) is 2.59. The number of carbonyl (C=O) groups is 2. The highest BCUT2D eigenvalue weighted by Gasteiger charge is 2.30. The van der Waals surface area contributed by atoms with Crippen molar-refractivity contribution in [2.45, 2.75) is 12.7 Å². The fraction of sp³-hybridized carbons (Fsp3) is 0.176. The number of urea groups is 1. The van der Waals surface area contributed by atoms with Crippen LogP contribution in [0.1, 0.15) is 11.1 Å². The summed E-state index contributed by atoms with van der Waals surface area (Å²) in [6.07, 6.45) is -5.10. The van der Waals surface area contributed by atoms with Crippen LogP contribution in [0.25, 0.3) is 0 Å². The minimum atomic E-state index is -4.44.